The number of hydrogen-bond acceptors (Lipinski definition) is 4. The lowest BCUT2D eigenvalue weighted by Gasteiger charge is -2.13. The monoisotopic (exact) mass is 336 g/mol. The third-order valence-corrected chi connectivity index (χ3v) is 4.05. The molecule has 23 heavy (non-hydrogen) atoms. The molecule has 1 heterocycles. The number of nitrogens with zero attached hydrogens (tertiary/aromatic N) is 3. The molecule has 0 fully saturated rings. The number of carbonyl (C=O) groups is 1. The van der Waals surface area contributed by atoms with E-state index in [0.717, 1.165) is 5.16 Å². The molecule has 0 saturated carbocycles. The van der Waals surface area contributed by atoms with Gasteiger partial charge in [-0.3, -0.25) is 4.79 Å². The number of nitrogens with one attached hydrogen (secondary N) is 1. The van der Waals surface area contributed by atoms with Crippen LogP contribution in [0.5, 0.6) is 0 Å². The summed E-state index contributed by atoms with van der Waals surface area (Å²) < 4.78 is 16.0. The van der Waals surface area contributed by atoms with Crippen LogP contribution in [0.2, 0.25) is 0 Å². The van der Waals surface area contributed by atoms with Gasteiger partial charge in [0, 0.05) is 25.8 Å². The Morgan fingerprint density at radius 3 is 2.74 bits per heavy atom. The molecule has 0 aliphatic heterocycles. The van der Waals surface area contributed by atoms with Crippen LogP contribution < -0.4 is 5.32 Å². The maximum absolute atomic E-state index is 14.1. The topological polar surface area (TPSA) is 59.8 Å². The summed E-state index contributed by atoms with van der Waals surface area (Å²) in [5, 5.41) is 11.9. The molecule has 0 bridgehead atoms. The van der Waals surface area contributed by atoms with Gasteiger partial charge in [0.05, 0.1) is 5.56 Å². The Morgan fingerprint density at radius 2 is 2.09 bits per heavy atom. The van der Waals surface area contributed by atoms with Crippen molar-refractivity contribution in [2.75, 3.05) is 12.3 Å². The summed E-state index contributed by atoms with van der Waals surface area (Å²) in [6.45, 7) is 6.94. The average molecular weight is 336 g/mol. The maximum atomic E-state index is 14.1. The average Bonchev–Trinajstić information content (AvgIpc) is 2.86. The maximum Gasteiger partial charge on any atom is 0.216 e. The van der Waals surface area contributed by atoms with Crippen LogP contribution in [-0.4, -0.2) is 33.0 Å². The van der Waals surface area contributed by atoms with E-state index in [1.54, 1.807) is 18.2 Å². The summed E-state index contributed by atoms with van der Waals surface area (Å²) in [6, 6.07) is 6.58. The first-order chi connectivity index (χ1) is 11.0. The van der Waals surface area contributed by atoms with Crippen molar-refractivity contribution in [3.63, 3.8) is 0 Å². The molecule has 1 N–H and O–H groups in total. The van der Waals surface area contributed by atoms with Crippen LogP contribution in [0.1, 0.15) is 20.8 Å². The molecule has 1 aromatic heterocycles. The van der Waals surface area contributed by atoms with E-state index in [1.165, 1.54) is 24.8 Å². The third-order valence-electron chi connectivity index (χ3n) is 3.09. The fourth-order valence-electron chi connectivity index (χ4n) is 2.14. The minimum atomic E-state index is -0.306. The SMILES string of the molecule is CC(=O)NCCSc1nnc(-c2ccccc2F)n1CC(C)C. The highest BCUT2D eigenvalue weighted by Crippen LogP contribution is 2.26. The van der Waals surface area contributed by atoms with Gasteiger partial charge in [-0.2, -0.15) is 0 Å². The van der Waals surface area contributed by atoms with E-state index in [2.05, 4.69) is 29.4 Å². The van der Waals surface area contributed by atoms with E-state index in [9.17, 15) is 9.18 Å². The molecule has 1 aromatic carbocycles. The summed E-state index contributed by atoms with van der Waals surface area (Å²) in [5.74, 6) is 1.25. The van der Waals surface area contributed by atoms with Crippen molar-refractivity contribution in [2.24, 2.45) is 5.92 Å². The first-order valence-corrected chi connectivity index (χ1v) is 8.53. The standard InChI is InChI=1S/C16H21FN4OS/c1-11(2)10-21-15(13-6-4-5-7-14(13)17)19-20-16(21)23-9-8-18-12(3)22/h4-7,11H,8-10H2,1-3H3,(H,18,22). The van der Waals surface area contributed by atoms with E-state index in [0.29, 0.717) is 36.1 Å². The molecule has 0 spiro atoms. The Hall–Kier alpha value is -1.89. The fraction of sp³-hybridized carbons (Fsp3) is 0.438. The number of aromatic nitrogens is 3. The first kappa shape index (κ1) is 17.5. The molecular formula is C16H21FN4OS. The zero-order chi connectivity index (χ0) is 16.8. The van der Waals surface area contributed by atoms with Gasteiger partial charge >= 0.3 is 0 Å². The second-order valence-corrected chi connectivity index (χ2v) is 6.68. The van der Waals surface area contributed by atoms with Gasteiger partial charge in [-0.05, 0) is 18.1 Å². The summed E-state index contributed by atoms with van der Waals surface area (Å²) in [4.78, 5) is 10.9. The minimum absolute atomic E-state index is 0.0544. The van der Waals surface area contributed by atoms with Crippen LogP contribution in [-0.2, 0) is 11.3 Å². The highest BCUT2D eigenvalue weighted by Gasteiger charge is 2.17. The van der Waals surface area contributed by atoms with Gasteiger partial charge in [-0.15, -0.1) is 10.2 Å². The molecule has 1 amide bonds. The molecule has 7 heteroatoms. The van der Waals surface area contributed by atoms with Crippen LogP contribution in [0.3, 0.4) is 0 Å². The molecule has 0 saturated heterocycles. The predicted molar refractivity (Wildman–Crippen MR) is 89.7 cm³/mol. The number of amides is 1. The molecule has 0 aliphatic rings. The summed E-state index contributed by atoms with van der Waals surface area (Å²) in [7, 11) is 0. The van der Waals surface area contributed by atoms with E-state index < -0.39 is 0 Å². The van der Waals surface area contributed by atoms with E-state index in [1.807, 2.05) is 4.57 Å². The van der Waals surface area contributed by atoms with Crippen molar-refractivity contribution in [2.45, 2.75) is 32.5 Å². The van der Waals surface area contributed by atoms with Gasteiger partial charge in [0.25, 0.3) is 0 Å². The molecule has 124 valence electrons. The van der Waals surface area contributed by atoms with Crippen molar-refractivity contribution >= 4 is 17.7 Å². The van der Waals surface area contributed by atoms with Crippen molar-refractivity contribution in [3.8, 4) is 11.4 Å². The van der Waals surface area contributed by atoms with E-state index >= 15 is 0 Å². The van der Waals surface area contributed by atoms with E-state index in [-0.39, 0.29) is 11.7 Å². The van der Waals surface area contributed by atoms with Crippen LogP contribution in [0.25, 0.3) is 11.4 Å². The van der Waals surface area contributed by atoms with Crippen LogP contribution in [0, 0.1) is 11.7 Å². The Kier molecular flexibility index (Phi) is 6.15. The summed E-state index contributed by atoms with van der Waals surface area (Å²) in [6.07, 6.45) is 0. The number of benzene rings is 1. The zero-order valence-electron chi connectivity index (χ0n) is 13.5. The fourth-order valence-corrected chi connectivity index (χ4v) is 2.94. The number of halogens is 1. The van der Waals surface area contributed by atoms with Crippen molar-refractivity contribution in [3.05, 3.63) is 30.1 Å². The highest BCUT2D eigenvalue weighted by atomic mass is 32.2. The molecule has 0 aliphatic carbocycles. The number of hydrogen-bond donors (Lipinski definition) is 1. The van der Waals surface area contributed by atoms with Gasteiger partial charge in [0.1, 0.15) is 5.82 Å². The summed E-state index contributed by atoms with van der Waals surface area (Å²) in [5.41, 5.74) is 0.453. The molecule has 5 nitrogen and oxygen atoms in total. The highest BCUT2D eigenvalue weighted by molar-refractivity contribution is 7.99. The van der Waals surface area contributed by atoms with Crippen molar-refractivity contribution in [1.29, 1.82) is 0 Å². The smallest absolute Gasteiger partial charge is 0.216 e. The summed E-state index contributed by atoms with van der Waals surface area (Å²) >= 11 is 1.50. The van der Waals surface area contributed by atoms with Crippen LogP contribution >= 0.6 is 11.8 Å². The van der Waals surface area contributed by atoms with E-state index in [4.69, 9.17) is 0 Å². The van der Waals surface area contributed by atoms with Gasteiger partial charge < -0.3 is 9.88 Å². The number of rotatable bonds is 7. The Bertz CT molecular complexity index is 672. The minimum Gasteiger partial charge on any atom is -0.356 e. The Labute approximate surface area is 139 Å². The normalized spacial score (nSPS) is 11.0. The lowest BCUT2D eigenvalue weighted by atomic mass is 10.2. The molecule has 2 aromatic rings. The van der Waals surface area contributed by atoms with Gasteiger partial charge in [0.2, 0.25) is 5.91 Å². The van der Waals surface area contributed by atoms with Gasteiger partial charge in [-0.25, -0.2) is 4.39 Å². The second-order valence-electron chi connectivity index (χ2n) is 5.62. The molecule has 2 rings (SSSR count). The van der Waals surface area contributed by atoms with Gasteiger partial charge in [0.15, 0.2) is 11.0 Å². The lowest BCUT2D eigenvalue weighted by molar-refractivity contribution is -0.118. The quantitative estimate of drug-likeness (QED) is 0.624. The molecule has 0 atom stereocenters. The Balaban J connectivity index is 2.23. The second kappa shape index (κ2) is 8.10. The van der Waals surface area contributed by atoms with Crippen LogP contribution in [0.15, 0.2) is 29.4 Å². The zero-order valence-corrected chi connectivity index (χ0v) is 14.4. The number of thioether (sulfide) groups is 1. The molecule has 0 unspecified atom stereocenters. The van der Waals surface area contributed by atoms with Gasteiger partial charge in [-0.1, -0.05) is 37.7 Å². The molecule has 0 radical (unpaired) electrons. The predicted octanol–water partition coefficient (Wildman–Crippen LogP) is 2.97. The third kappa shape index (κ3) is 4.79. The van der Waals surface area contributed by atoms with Crippen LogP contribution in [0.4, 0.5) is 4.39 Å². The first-order valence-electron chi connectivity index (χ1n) is 7.54. The molecular weight excluding hydrogens is 315 g/mol. The van der Waals surface area contributed by atoms with Crippen molar-refractivity contribution in [1.82, 2.24) is 20.1 Å². The van der Waals surface area contributed by atoms with Crippen molar-refractivity contribution < 1.29 is 9.18 Å². The Morgan fingerprint density at radius 1 is 1.35 bits per heavy atom. The largest absolute Gasteiger partial charge is 0.356 e. The number of carbonyl (C=O) groups excluding carboxylic acids is 1. The lowest BCUT2D eigenvalue weighted by Crippen LogP contribution is -2.22.